The Bertz CT molecular complexity index is 604. The Morgan fingerprint density at radius 3 is 2.57 bits per heavy atom. The fourth-order valence-electron chi connectivity index (χ4n) is 1.73. The smallest absolute Gasteiger partial charge is 0.310 e. The van der Waals surface area contributed by atoms with Gasteiger partial charge in [0.15, 0.2) is 5.75 Å². The van der Waals surface area contributed by atoms with Gasteiger partial charge in [-0.25, -0.2) is 0 Å². The van der Waals surface area contributed by atoms with Gasteiger partial charge in [-0.05, 0) is 11.6 Å². The summed E-state index contributed by atoms with van der Waals surface area (Å²) in [6.07, 6.45) is 0. The van der Waals surface area contributed by atoms with Crippen molar-refractivity contribution in [1.29, 1.82) is 0 Å². The summed E-state index contributed by atoms with van der Waals surface area (Å²) in [5.41, 5.74) is 1.02. The van der Waals surface area contributed by atoms with Crippen molar-refractivity contribution < 1.29 is 14.4 Å². The molecular formula is C15H14BrNO4. The first-order chi connectivity index (χ1) is 10.2. The van der Waals surface area contributed by atoms with E-state index in [1.165, 1.54) is 6.07 Å². The Morgan fingerprint density at radius 1 is 1.10 bits per heavy atom. The molecule has 2 aromatic rings. The maximum atomic E-state index is 10.9. The van der Waals surface area contributed by atoms with Crippen LogP contribution in [0, 0.1) is 10.1 Å². The normalized spacial score (nSPS) is 10.3. The molecule has 0 amide bonds. The maximum Gasteiger partial charge on any atom is 0.310 e. The molecule has 5 nitrogen and oxygen atoms in total. The molecule has 0 aliphatic rings. The summed E-state index contributed by atoms with van der Waals surface area (Å²) in [6.45, 7) is 1.10. The van der Waals surface area contributed by atoms with Crippen molar-refractivity contribution in [2.24, 2.45) is 0 Å². The van der Waals surface area contributed by atoms with Gasteiger partial charge in [-0.2, -0.15) is 0 Å². The molecule has 0 saturated heterocycles. The summed E-state index contributed by atoms with van der Waals surface area (Å²) >= 11 is 3.26. The molecule has 0 aromatic heterocycles. The molecule has 0 N–H and O–H groups in total. The number of hydrogen-bond acceptors (Lipinski definition) is 4. The highest BCUT2D eigenvalue weighted by molar-refractivity contribution is 9.10. The third-order valence-electron chi connectivity index (χ3n) is 2.72. The molecule has 0 unspecified atom stereocenters. The lowest BCUT2D eigenvalue weighted by Gasteiger charge is -2.08. The van der Waals surface area contributed by atoms with Crippen LogP contribution >= 0.6 is 15.9 Å². The molecule has 110 valence electrons. The Hall–Kier alpha value is -1.92. The number of ether oxygens (including phenoxy) is 2. The monoisotopic (exact) mass is 351 g/mol. The Labute approximate surface area is 130 Å². The van der Waals surface area contributed by atoms with E-state index in [1.807, 2.05) is 30.3 Å². The van der Waals surface area contributed by atoms with Gasteiger partial charge in [0.1, 0.15) is 6.61 Å². The van der Waals surface area contributed by atoms with Crippen molar-refractivity contribution in [1.82, 2.24) is 0 Å². The fourth-order valence-corrected chi connectivity index (χ4v) is 2.07. The summed E-state index contributed by atoms with van der Waals surface area (Å²) in [4.78, 5) is 10.4. The average Bonchev–Trinajstić information content (AvgIpc) is 2.48. The van der Waals surface area contributed by atoms with Crippen molar-refractivity contribution in [3.8, 4) is 5.75 Å². The van der Waals surface area contributed by atoms with E-state index in [-0.39, 0.29) is 18.0 Å². The first-order valence-electron chi connectivity index (χ1n) is 6.35. The van der Waals surface area contributed by atoms with E-state index >= 15 is 0 Å². The lowest BCUT2D eigenvalue weighted by atomic mass is 10.2. The second-order valence-electron chi connectivity index (χ2n) is 4.26. The lowest BCUT2D eigenvalue weighted by molar-refractivity contribution is -0.385. The lowest BCUT2D eigenvalue weighted by Crippen LogP contribution is -2.07. The SMILES string of the molecule is O=[N+]([O-])c1ccc(Br)cc1OCCOCc1ccccc1. The second kappa shape index (κ2) is 7.75. The van der Waals surface area contributed by atoms with E-state index in [2.05, 4.69) is 15.9 Å². The van der Waals surface area contributed by atoms with E-state index in [4.69, 9.17) is 9.47 Å². The topological polar surface area (TPSA) is 61.6 Å². The summed E-state index contributed by atoms with van der Waals surface area (Å²) in [7, 11) is 0. The zero-order valence-corrected chi connectivity index (χ0v) is 12.8. The number of nitro groups is 1. The molecule has 0 radical (unpaired) electrons. The van der Waals surface area contributed by atoms with Crippen LogP contribution in [0.1, 0.15) is 5.56 Å². The Balaban J connectivity index is 1.81. The number of nitro benzene ring substituents is 1. The van der Waals surface area contributed by atoms with Crippen LogP contribution in [0.5, 0.6) is 5.75 Å². The highest BCUT2D eigenvalue weighted by atomic mass is 79.9. The highest BCUT2D eigenvalue weighted by Crippen LogP contribution is 2.29. The average molecular weight is 352 g/mol. The van der Waals surface area contributed by atoms with E-state index in [9.17, 15) is 10.1 Å². The molecule has 0 spiro atoms. The standard InChI is InChI=1S/C15H14BrNO4/c16-13-6-7-14(17(18)19)15(10-13)21-9-8-20-11-12-4-2-1-3-5-12/h1-7,10H,8-9,11H2. The third-order valence-corrected chi connectivity index (χ3v) is 3.21. The molecule has 0 fully saturated rings. The Morgan fingerprint density at radius 2 is 1.86 bits per heavy atom. The molecule has 0 saturated carbocycles. The zero-order chi connectivity index (χ0) is 15.1. The third kappa shape index (κ3) is 4.84. The van der Waals surface area contributed by atoms with E-state index in [1.54, 1.807) is 12.1 Å². The summed E-state index contributed by atoms with van der Waals surface area (Å²) in [6, 6.07) is 14.4. The summed E-state index contributed by atoms with van der Waals surface area (Å²) < 4.78 is 11.6. The number of nitrogens with zero attached hydrogens (tertiary/aromatic N) is 1. The van der Waals surface area contributed by atoms with E-state index < -0.39 is 4.92 Å². The van der Waals surface area contributed by atoms with Crippen LogP contribution in [-0.2, 0) is 11.3 Å². The van der Waals surface area contributed by atoms with Crippen molar-refractivity contribution in [3.63, 3.8) is 0 Å². The molecule has 0 atom stereocenters. The van der Waals surface area contributed by atoms with Gasteiger partial charge in [-0.1, -0.05) is 46.3 Å². The fraction of sp³-hybridized carbons (Fsp3) is 0.200. The highest BCUT2D eigenvalue weighted by Gasteiger charge is 2.14. The van der Waals surface area contributed by atoms with Crippen LogP contribution < -0.4 is 4.74 Å². The van der Waals surface area contributed by atoms with E-state index in [0.29, 0.717) is 13.2 Å². The molecular weight excluding hydrogens is 338 g/mol. The van der Waals surface area contributed by atoms with Crippen LogP contribution in [0.2, 0.25) is 0 Å². The van der Waals surface area contributed by atoms with Gasteiger partial charge >= 0.3 is 5.69 Å². The molecule has 2 aromatic carbocycles. The molecule has 0 aliphatic carbocycles. The number of halogens is 1. The van der Waals surface area contributed by atoms with Gasteiger partial charge in [0.25, 0.3) is 0 Å². The van der Waals surface area contributed by atoms with Crippen LogP contribution in [0.15, 0.2) is 53.0 Å². The zero-order valence-electron chi connectivity index (χ0n) is 11.2. The van der Waals surface area contributed by atoms with Crippen LogP contribution in [-0.4, -0.2) is 18.1 Å². The van der Waals surface area contributed by atoms with E-state index in [0.717, 1.165) is 10.0 Å². The minimum absolute atomic E-state index is 0.0544. The van der Waals surface area contributed by atoms with Gasteiger partial charge in [0.05, 0.1) is 18.1 Å². The van der Waals surface area contributed by atoms with Gasteiger partial charge in [-0.15, -0.1) is 0 Å². The predicted molar refractivity (Wildman–Crippen MR) is 82.4 cm³/mol. The number of benzene rings is 2. The first kappa shape index (κ1) is 15.5. The molecule has 2 rings (SSSR count). The van der Waals surface area contributed by atoms with Gasteiger partial charge < -0.3 is 9.47 Å². The summed E-state index contributed by atoms with van der Waals surface area (Å²) in [5.74, 6) is 0.234. The number of hydrogen-bond donors (Lipinski definition) is 0. The van der Waals surface area contributed by atoms with Crippen molar-refractivity contribution in [3.05, 3.63) is 68.7 Å². The van der Waals surface area contributed by atoms with Crippen molar-refractivity contribution in [2.75, 3.05) is 13.2 Å². The molecule has 0 aliphatic heterocycles. The van der Waals surface area contributed by atoms with Gasteiger partial charge in [-0.3, -0.25) is 10.1 Å². The van der Waals surface area contributed by atoms with Crippen LogP contribution in [0.3, 0.4) is 0 Å². The van der Waals surface area contributed by atoms with Crippen molar-refractivity contribution >= 4 is 21.6 Å². The van der Waals surface area contributed by atoms with Crippen LogP contribution in [0.4, 0.5) is 5.69 Å². The van der Waals surface area contributed by atoms with Gasteiger partial charge in [0.2, 0.25) is 0 Å². The molecule has 21 heavy (non-hydrogen) atoms. The molecule has 6 heteroatoms. The second-order valence-corrected chi connectivity index (χ2v) is 5.17. The maximum absolute atomic E-state index is 10.9. The molecule has 0 bridgehead atoms. The largest absolute Gasteiger partial charge is 0.484 e. The van der Waals surface area contributed by atoms with Crippen molar-refractivity contribution in [2.45, 2.75) is 6.61 Å². The minimum Gasteiger partial charge on any atom is -0.484 e. The quantitative estimate of drug-likeness (QED) is 0.430. The summed E-state index contributed by atoms with van der Waals surface area (Å²) in [5, 5.41) is 10.9. The minimum atomic E-state index is -0.466. The van der Waals surface area contributed by atoms with Crippen LogP contribution in [0.25, 0.3) is 0 Å². The number of rotatable bonds is 7. The predicted octanol–water partition coefficient (Wildman–Crippen LogP) is 3.95. The molecule has 0 heterocycles. The van der Waals surface area contributed by atoms with Gasteiger partial charge in [0, 0.05) is 16.6 Å². The first-order valence-corrected chi connectivity index (χ1v) is 7.14. The Kier molecular flexibility index (Phi) is 5.71.